The molecule has 2 unspecified atom stereocenters. The lowest BCUT2D eigenvalue weighted by molar-refractivity contribution is -0.0586. The summed E-state index contributed by atoms with van der Waals surface area (Å²) >= 11 is 0. The lowest BCUT2D eigenvalue weighted by Crippen LogP contribution is -2.28. The highest BCUT2D eigenvalue weighted by Gasteiger charge is 2.24. The van der Waals surface area contributed by atoms with Crippen molar-refractivity contribution in [1.29, 1.82) is 0 Å². The highest BCUT2D eigenvalue weighted by atomic mass is 19.1. The summed E-state index contributed by atoms with van der Waals surface area (Å²) in [5.41, 5.74) is 1.38. The molecule has 3 heteroatoms. The number of aryl methyl sites for hydroxylation is 1. The number of halogens is 1. The summed E-state index contributed by atoms with van der Waals surface area (Å²) in [6.07, 6.45) is -1.09. The van der Waals surface area contributed by atoms with Gasteiger partial charge in [0.25, 0.3) is 0 Å². The van der Waals surface area contributed by atoms with Crippen LogP contribution in [0.5, 0.6) is 0 Å². The Morgan fingerprint density at radius 3 is 2.41 bits per heavy atom. The Morgan fingerprint density at radius 2 is 1.94 bits per heavy atom. The molecule has 0 saturated carbocycles. The van der Waals surface area contributed by atoms with Gasteiger partial charge in [-0.3, -0.25) is 0 Å². The van der Waals surface area contributed by atoms with Crippen molar-refractivity contribution >= 4 is 0 Å². The molecule has 2 nitrogen and oxygen atoms in total. The lowest BCUT2D eigenvalue weighted by Gasteiger charge is -2.26. The van der Waals surface area contributed by atoms with E-state index in [0.29, 0.717) is 12.2 Å². The average Bonchev–Trinajstić information content (AvgIpc) is 2.23. The molecule has 17 heavy (non-hydrogen) atoms. The number of rotatable bonds is 5. The van der Waals surface area contributed by atoms with E-state index in [9.17, 15) is 9.50 Å². The molecule has 1 aromatic carbocycles. The molecule has 1 N–H and O–H groups in total. The summed E-state index contributed by atoms with van der Waals surface area (Å²) in [7, 11) is 0. The quantitative estimate of drug-likeness (QED) is 0.856. The normalized spacial score (nSPS) is 15.0. The first-order chi connectivity index (χ1) is 7.95. The van der Waals surface area contributed by atoms with E-state index in [1.165, 1.54) is 12.1 Å². The zero-order valence-corrected chi connectivity index (χ0v) is 10.9. The highest BCUT2D eigenvalue weighted by Crippen LogP contribution is 2.26. The monoisotopic (exact) mass is 240 g/mol. The second kappa shape index (κ2) is 6.12. The summed E-state index contributed by atoms with van der Waals surface area (Å²) < 4.78 is 18.8. The first kappa shape index (κ1) is 14.1. The van der Waals surface area contributed by atoms with Crippen molar-refractivity contribution < 1.29 is 14.2 Å². The molecule has 0 saturated heterocycles. The SMILES string of the molecule is CCOC(C(C)C)C(O)c1cc(C)cc(F)c1. The first-order valence-corrected chi connectivity index (χ1v) is 6.02. The fraction of sp³-hybridized carbons (Fsp3) is 0.571. The zero-order chi connectivity index (χ0) is 13.0. The number of ether oxygens (including phenoxy) is 1. The van der Waals surface area contributed by atoms with Crippen LogP contribution in [0.2, 0.25) is 0 Å². The maximum atomic E-state index is 13.3. The largest absolute Gasteiger partial charge is 0.386 e. The molecular weight excluding hydrogens is 219 g/mol. The second-order valence-electron chi connectivity index (χ2n) is 4.67. The Balaban J connectivity index is 2.96. The van der Waals surface area contributed by atoms with Gasteiger partial charge in [0.05, 0.1) is 6.10 Å². The van der Waals surface area contributed by atoms with Crippen molar-refractivity contribution in [2.45, 2.75) is 39.9 Å². The molecule has 0 amide bonds. The number of aliphatic hydroxyl groups excluding tert-OH is 1. The third-order valence-electron chi connectivity index (χ3n) is 2.73. The molecule has 1 rings (SSSR count). The van der Waals surface area contributed by atoms with Crippen LogP contribution in [0.1, 0.15) is 38.0 Å². The van der Waals surface area contributed by atoms with Crippen LogP contribution in [0.15, 0.2) is 18.2 Å². The van der Waals surface area contributed by atoms with Crippen LogP contribution < -0.4 is 0 Å². The van der Waals surface area contributed by atoms with Gasteiger partial charge in [-0.05, 0) is 43.0 Å². The molecule has 1 aromatic rings. The molecule has 0 fully saturated rings. The predicted molar refractivity (Wildman–Crippen MR) is 66.3 cm³/mol. The van der Waals surface area contributed by atoms with Crippen LogP contribution >= 0.6 is 0 Å². The number of aliphatic hydroxyl groups is 1. The van der Waals surface area contributed by atoms with Crippen LogP contribution in [0.25, 0.3) is 0 Å². The summed E-state index contributed by atoms with van der Waals surface area (Å²) in [4.78, 5) is 0. The molecule has 0 bridgehead atoms. The van der Waals surface area contributed by atoms with Gasteiger partial charge in [0.2, 0.25) is 0 Å². The predicted octanol–water partition coefficient (Wildman–Crippen LogP) is 3.23. The molecule has 0 spiro atoms. The standard InChI is InChI=1S/C14H21FO2/c1-5-17-14(9(2)3)13(16)11-6-10(4)7-12(15)8-11/h6-9,13-14,16H,5H2,1-4H3. The smallest absolute Gasteiger partial charge is 0.123 e. The van der Waals surface area contributed by atoms with Gasteiger partial charge in [-0.1, -0.05) is 19.9 Å². The molecule has 0 radical (unpaired) electrons. The van der Waals surface area contributed by atoms with E-state index in [4.69, 9.17) is 4.74 Å². The summed E-state index contributed by atoms with van der Waals surface area (Å²) in [6.45, 7) is 8.20. The average molecular weight is 240 g/mol. The number of benzene rings is 1. The van der Waals surface area contributed by atoms with Gasteiger partial charge in [-0.15, -0.1) is 0 Å². The van der Waals surface area contributed by atoms with Crippen LogP contribution in [0, 0.1) is 18.7 Å². The molecule has 0 aliphatic heterocycles. The Bertz CT molecular complexity index is 343. The molecule has 96 valence electrons. The van der Waals surface area contributed by atoms with Crippen molar-refractivity contribution in [1.82, 2.24) is 0 Å². The van der Waals surface area contributed by atoms with Gasteiger partial charge < -0.3 is 9.84 Å². The Hall–Kier alpha value is -0.930. The molecule has 2 atom stereocenters. The highest BCUT2D eigenvalue weighted by molar-refractivity contribution is 5.26. The van der Waals surface area contributed by atoms with E-state index in [0.717, 1.165) is 5.56 Å². The van der Waals surface area contributed by atoms with E-state index in [1.807, 2.05) is 27.7 Å². The molecule has 0 aromatic heterocycles. The third-order valence-corrected chi connectivity index (χ3v) is 2.73. The third kappa shape index (κ3) is 3.79. The van der Waals surface area contributed by atoms with Crippen LogP contribution in [0.3, 0.4) is 0 Å². The van der Waals surface area contributed by atoms with Crippen LogP contribution in [0.4, 0.5) is 4.39 Å². The second-order valence-corrected chi connectivity index (χ2v) is 4.67. The van der Waals surface area contributed by atoms with Crippen LogP contribution in [-0.4, -0.2) is 17.8 Å². The first-order valence-electron chi connectivity index (χ1n) is 6.02. The Kier molecular flexibility index (Phi) is 5.09. The van der Waals surface area contributed by atoms with Gasteiger partial charge in [0.15, 0.2) is 0 Å². The minimum absolute atomic E-state index is 0.175. The molecule has 0 aliphatic carbocycles. The van der Waals surface area contributed by atoms with Gasteiger partial charge >= 0.3 is 0 Å². The van der Waals surface area contributed by atoms with Crippen molar-refractivity contribution in [2.24, 2.45) is 5.92 Å². The van der Waals surface area contributed by atoms with E-state index in [1.54, 1.807) is 6.07 Å². The fourth-order valence-corrected chi connectivity index (χ4v) is 1.97. The minimum atomic E-state index is -0.788. The van der Waals surface area contributed by atoms with Crippen molar-refractivity contribution in [2.75, 3.05) is 6.61 Å². The minimum Gasteiger partial charge on any atom is -0.386 e. The zero-order valence-electron chi connectivity index (χ0n) is 10.9. The summed E-state index contributed by atoms with van der Waals surface area (Å²) in [6, 6.07) is 4.61. The van der Waals surface area contributed by atoms with Crippen molar-refractivity contribution in [3.63, 3.8) is 0 Å². The molecule has 0 aliphatic rings. The van der Waals surface area contributed by atoms with Crippen LogP contribution in [-0.2, 0) is 4.74 Å². The maximum Gasteiger partial charge on any atom is 0.123 e. The number of hydrogen-bond acceptors (Lipinski definition) is 2. The van der Waals surface area contributed by atoms with E-state index in [-0.39, 0.29) is 17.8 Å². The maximum absolute atomic E-state index is 13.3. The van der Waals surface area contributed by atoms with Crippen molar-refractivity contribution in [3.8, 4) is 0 Å². The van der Waals surface area contributed by atoms with Crippen molar-refractivity contribution in [3.05, 3.63) is 35.1 Å². The van der Waals surface area contributed by atoms with Gasteiger partial charge in [0, 0.05) is 6.61 Å². The lowest BCUT2D eigenvalue weighted by atomic mass is 9.95. The Labute approximate surface area is 102 Å². The Morgan fingerprint density at radius 1 is 1.29 bits per heavy atom. The summed E-state index contributed by atoms with van der Waals surface area (Å²) in [5, 5.41) is 10.2. The van der Waals surface area contributed by atoms with E-state index < -0.39 is 6.10 Å². The molecule has 0 heterocycles. The van der Waals surface area contributed by atoms with Gasteiger partial charge in [0.1, 0.15) is 11.9 Å². The number of hydrogen-bond donors (Lipinski definition) is 1. The molecular formula is C14H21FO2. The van der Waals surface area contributed by atoms with E-state index in [2.05, 4.69) is 0 Å². The fourth-order valence-electron chi connectivity index (χ4n) is 1.97. The summed E-state index contributed by atoms with van der Waals surface area (Å²) in [5.74, 6) is -0.147. The van der Waals surface area contributed by atoms with Gasteiger partial charge in [-0.2, -0.15) is 0 Å². The van der Waals surface area contributed by atoms with Gasteiger partial charge in [-0.25, -0.2) is 4.39 Å². The topological polar surface area (TPSA) is 29.5 Å². The van der Waals surface area contributed by atoms with E-state index >= 15 is 0 Å².